The molecule has 0 fully saturated rings. The Morgan fingerprint density at radius 2 is 1.27 bits per heavy atom. The number of Topliss-reactive ketones (excluding diaryl/α,β-unsaturated/α-hetero) is 2. The standard InChI is InChI=1S/C16H14O2.2C2H6/c1-9-7-8-13-14(10(9)2)16(18)12-6-4-3-5-11(12)15(13)17;2*1-2/h3-8,11-12H,1-2H3;2*1-2H3. The highest BCUT2D eigenvalue weighted by Gasteiger charge is 2.40. The molecule has 2 aliphatic rings. The van der Waals surface area contributed by atoms with E-state index < -0.39 is 0 Å². The van der Waals surface area contributed by atoms with Gasteiger partial charge in [-0.1, -0.05) is 64.1 Å². The molecule has 0 aromatic heterocycles. The van der Waals surface area contributed by atoms with E-state index in [1.54, 1.807) is 6.07 Å². The van der Waals surface area contributed by atoms with Crippen molar-refractivity contribution in [2.24, 2.45) is 11.8 Å². The Hall–Kier alpha value is -1.96. The molecule has 0 bridgehead atoms. The first-order valence-corrected chi connectivity index (χ1v) is 8.15. The fourth-order valence-corrected chi connectivity index (χ4v) is 2.79. The van der Waals surface area contributed by atoms with Crippen molar-refractivity contribution in [3.8, 4) is 0 Å². The summed E-state index contributed by atoms with van der Waals surface area (Å²) in [5.41, 5.74) is 3.21. The summed E-state index contributed by atoms with van der Waals surface area (Å²) in [6.07, 6.45) is 7.37. The van der Waals surface area contributed by atoms with Crippen molar-refractivity contribution < 1.29 is 9.59 Å². The summed E-state index contributed by atoms with van der Waals surface area (Å²) in [5.74, 6) is -0.470. The Kier molecular flexibility index (Phi) is 6.48. The Balaban J connectivity index is 0.000000561. The summed E-state index contributed by atoms with van der Waals surface area (Å²) in [6.45, 7) is 11.9. The van der Waals surface area contributed by atoms with Crippen LogP contribution in [0.15, 0.2) is 36.4 Å². The van der Waals surface area contributed by atoms with E-state index in [1.165, 1.54) is 0 Å². The number of hydrogen-bond donors (Lipinski definition) is 0. The second-order valence-corrected chi connectivity index (χ2v) is 4.98. The van der Waals surface area contributed by atoms with E-state index in [0.29, 0.717) is 11.1 Å². The third-order valence-corrected chi connectivity index (χ3v) is 3.99. The molecule has 2 aliphatic carbocycles. The maximum absolute atomic E-state index is 12.5. The molecule has 2 unspecified atom stereocenters. The number of rotatable bonds is 0. The second kappa shape index (κ2) is 7.88. The first kappa shape index (κ1) is 18.1. The van der Waals surface area contributed by atoms with Crippen molar-refractivity contribution >= 4 is 11.6 Å². The fourth-order valence-electron chi connectivity index (χ4n) is 2.79. The first-order chi connectivity index (χ1) is 10.6. The molecule has 1 aromatic rings. The molecule has 0 heterocycles. The summed E-state index contributed by atoms with van der Waals surface area (Å²) >= 11 is 0. The van der Waals surface area contributed by atoms with Crippen molar-refractivity contribution in [1.82, 2.24) is 0 Å². The van der Waals surface area contributed by atoms with Gasteiger partial charge in [0.2, 0.25) is 0 Å². The molecule has 0 N–H and O–H groups in total. The number of hydrogen-bond acceptors (Lipinski definition) is 2. The van der Waals surface area contributed by atoms with Gasteiger partial charge < -0.3 is 0 Å². The van der Waals surface area contributed by atoms with Crippen LogP contribution in [0.4, 0.5) is 0 Å². The maximum Gasteiger partial charge on any atom is 0.171 e. The summed E-state index contributed by atoms with van der Waals surface area (Å²) in [6, 6.07) is 3.71. The minimum atomic E-state index is -0.310. The van der Waals surface area contributed by atoms with Crippen LogP contribution in [-0.2, 0) is 0 Å². The monoisotopic (exact) mass is 298 g/mol. The smallest absolute Gasteiger partial charge is 0.171 e. The maximum atomic E-state index is 12.5. The minimum absolute atomic E-state index is 0.0679. The summed E-state index contributed by atoms with van der Waals surface area (Å²) in [7, 11) is 0. The average Bonchev–Trinajstić information content (AvgIpc) is 2.59. The van der Waals surface area contributed by atoms with E-state index in [-0.39, 0.29) is 23.4 Å². The number of fused-ring (bicyclic) bond motifs is 2. The minimum Gasteiger partial charge on any atom is -0.293 e. The lowest BCUT2D eigenvalue weighted by Crippen LogP contribution is -2.36. The number of carbonyl (C=O) groups excluding carboxylic acids is 2. The van der Waals surface area contributed by atoms with E-state index in [1.807, 2.05) is 71.9 Å². The number of carbonyl (C=O) groups is 2. The van der Waals surface area contributed by atoms with Gasteiger partial charge in [-0.15, -0.1) is 0 Å². The quantitative estimate of drug-likeness (QED) is 0.668. The zero-order valence-electron chi connectivity index (χ0n) is 14.4. The molecule has 0 radical (unpaired) electrons. The molecule has 2 heteroatoms. The fraction of sp³-hybridized carbons (Fsp3) is 0.400. The molecular formula is C20H26O2. The van der Waals surface area contributed by atoms with Crippen LogP contribution in [0.2, 0.25) is 0 Å². The zero-order valence-corrected chi connectivity index (χ0v) is 14.4. The normalized spacial score (nSPS) is 21.0. The predicted molar refractivity (Wildman–Crippen MR) is 92.5 cm³/mol. The van der Waals surface area contributed by atoms with Gasteiger partial charge in [-0.05, 0) is 25.0 Å². The Morgan fingerprint density at radius 3 is 1.82 bits per heavy atom. The van der Waals surface area contributed by atoms with Gasteiger partial charge in [0.05, 0.1) is 11.8 Å². The van der Waals surface area contributed by atoms with E-state index in [2.05, 4.69) is 0 Å². The van der Waals surface area contributed by atoms with Crippen LogP contribution in [0, 0.1) is 25.7 Å². The number of aryl methyl sites for hydroxylation is 1. The molecule has 3 rings (SSSR count). The molecule has 22 heavy (non-hydrogen) atoms. The van der Waals surface area contributed by atoms with Gasteiger partial charge in [-0.2, -0.15) is 0 Å². The van der Waals surface area contributed by atoms with Crippen LogP contribution in [0.1, 0.15) is 59.5 Å². The van der Waals surface area contributed by atoms with Crippen LogP contribution in [0.3, 0.4) is 0 Å². The van der Waals surface area contributed by atoms with Gasteiger partial charge in [0.15, 0.2) is 11.6 Å². The second-order valence-electron chi connectivity index (χ2n) is 4.98. The van der Waals surface area contributed by atoms with Crippen LogP contribution < -0.4 is 0 Å². The average molecular weight is 298 g/mol. The van der Waals surface area contributed by atoms with Crippen molar-refractivity contribution in [2.45, 2.75) is 41.5 Å². The third-order valence-electron chi connectivity index (χ3n) is 3.99. The molecule has 2 nitrogen and oxygen atoms in total. The van der Waals surface area contributed by atoms with Crippen molar-refractivity contribution in [2.75, 3.05) is 0 Å². The van der Waals surface area contributed by atoms with Crippen LogP contribution in [-0.4, -0.2) is 11.6 Å². The Labute approximate surface area is 133 Å². The third kappa shape index (κ3) is 2.96. The largest absolute Gasteiger partial charge is 0.293 e. The van der Waals surface area contributed by atoms with Gasteiger partial charge in [-0.25, -0.2) is 0 Å². The van der Waals surface area contributed by atoms with Gasteiger partial charge in [0.25, 0.3) is 0 Å². The van der Waals surface area contributed by atoms with Gasteiger partial charge in [0.1, 0.15) is 0 Å². The molecule has 0 amide bonds. The van der Waals surface area contributed by atoms with E-state index in [9.17, 15) is 9.59 Å². The predicted octanol–water partition coefficient (Wildman–Crippen LogP) is 5.09. The summed E-state index contributed by atoms with van der Waals surface area (Å²) < 4.78 is 0. The van der Waals surface area contributed by atoms with Crippen LogP contribution in [0.25, 0.3) is 0 Å². The highest BCUT2D eigenvalue weighted by atomic mass is 16.1. The highest BCUT2D eigenvalue weighted by molar-refractivity contribution is 6.18. The molecule has 2 atom stereocenters. The molecule has 0 saturated carbocycles. The molecule has 118 valence electrons. The molecule has 0 aliphatic heterocycles. The van der Waals surface area contributed by atoms with Gasteiger partial charge in [0, 0.05) is 11.1 Å². The summed E-state index contributed by atoms with van der Waals surface area (Å²) in [4.78, 5) is 25.0. The lowest BCUT2D eigenvalue weighted by atomic mass is 9.71. The van der Waals surface area contributed by atoms with E-state index in [0.717, 1.165) is 11.1 Å². The number of allylic oxidation sites excluding steroid dienone is 4. The van der Waals surface area contributed by atoms with E-state index >= 15 is 0 Å². The zero-order chi connectivity index (χ0) is 16.9. The number of ketones is 2. The van der Waals surface area contributed by atoms with Crippen molar-refractivity contribution in [3.63, 3.8) is 0 Å². The molecule has 0 spiro atoms. The Morgan fingerprint density at radius 1 is 0.773 bits per heavy atom. The highest BCUT2D eigenvalue weighted by Crippen LogP contribution is 2.36. The lowest BCUT2D eigenvalue weighted by Gasteiger charge is -2.29. The lowest BCUT2D eigenvalue weighted by molar-refractivity contribution is 0.0801. The van der Waals surface area contributed by atoms with Gasteiger partial charge >= 0.3 is 0 Å². The molecule has 1 aromatic carbocycles. The molecular weight excluding hydrogens is 272 g/mol. The topological polar surface area (TPSA) is 34.1 Å². The van der Waals surface area contributed by atoms with Gasteiger partial charge in [-0.3, -0.25) is 9.59 Å². The van der Waals surface area contributed by atoms with Crippen molar-refractivity contribution in [3.05, 3.63) is 58.7 Å². The summed E-state index contributed by atoms with van der Waals surface area (Å²) in [5, 5.41) is 0. The SMILES string of the molecule is CC.CC.Cc1ccc2c(c1C)C(=O)C1C=CC=CC1C2=O. The van der Waals surface area contributed by atoms with E-state index in [4.69, 9.17) is 0 Å². The van der Waals surface area contributed by atoms with Crippen LogP contribution >= 0.6 is 0 Å². The van der Waals surface area contributed by atoms with Crippen LogP contribution in [0.5, 0.6) is 0 Å². The molecule has 0 saturated heterocycles. The number of benzene rings is 1. The van der Waals surface area contributed by atoms with Crippen molar-refractivity contribution in [1.29, 1.82) is 0 Å². The Bertz CT molecular complexity index is 621. The first-order valence-electron chi connectivity index (χ1n) is 8.15.